The molecule has 0 radical (unpaired) electrons. The van der Waals surface area contributed by atoms with Crippen LogP contribution >= 0.6 is 0 Å². The van der Waals surface area contributed by atoms with Gasteiger partial charge < -0.3 is 10.2 Å². The van der Waals surface area contributed by atoms with Crippen LogP contribution in [0.5, 0.6) is 0 Å². The van der Waals surface area contributed by atoms with Gasteiger partial charge in [-0.15, -0.1) is 0 Å². The Labute approximate surface area is 116 Å². The van der Waals surface area contributed by atoms with Gasteiger partial charge in [0.2, 0.25) is 0 Å². The first-order valence-corrected chi connectivity index (χ1v) is 7.30. The summed E-state index contributed by atoms with van der Waals surface area (Å²) in [5.74, 6) is 0.673. The third-order valence-corrected chi connectivity index (χ3v) is 4.18. The molecule has 0 aliphatic carbocycles. The third kappa shape index (κ3) is 4.59. The lowest BCUT2D eigenvalue weighted by molar-refractivity contribution is 0.194. The van der Waals surface area contributed by atoms with E-state index in [1.807, 2.05) is 6.07 Å². The van der Waals surface area contributed by atoms with Gasteiger partial charge in [-0.2, -0.15) is 0 Å². The Kier molecular flexibility index (Phi) is 5.34. The molecule has 1 aromatic rings. The van der Waals surface area contributed by atoms with Gasteiger partial charge in [0.25, 0.3) is 0 Å². The number of hydrogen-bond donors (Lipinski definition) is 1. The molecule has 19 heavy (non-hydrogen) atoms. The van der Waals surface area contributed by atoms with Crippen LogP contribution in [0.3, 0.4) is 0 Å². The molecule has 1 heterocycles. The van der Waals surface area contributed by atoms with Crippen molar-refractivity contribution in [1.82, 2.24) is 10.2 Å². The Hall–Kier alpha value is -0.930. The zero-order valence-electron chi connectivity index (χ0n) is 12.0. The monoisotopic (exact) mass is 264 g/mol. The van der Waals surface area contributed by atoms with Crippen LogP contribution in [0.15, 0.2) is 24.3 Å². The minimum absolute atomic E-state index is 0.134. The normalized spacial score (nSPS) is 18.7. The summed E-state index contributed by atoms with van der Waals surface area (Å²) < 4.78 is 13.2. The fourth-order valence-corrected chi connectivity index (χ4v) is 2.81. The van der Waals surface area contributed by atoms with Crippen molar-refractivity contribution in [2.24, 2.45) is 5.92 Å². The number of likely N-dealkylation sites (N-methyl/N-ethyl adjacent to an activating group) is 1. The first-order valence-electron chi connectivity index (χ1n) is 7.30. The molecule has 0 spiro atoms. The smallest absolute Gasteiger partial charge is 0.123 e. The van der Waals surface area contributed by atoms with Gasteiger partial charge in [0.05, 0.1) is 0 Å². The van der Waals surface area contributed by atoms with Crippen LogP contribution in [0, 0.1) is 11.7 Å². The Morgan fingerprint density at radius 1 is 1.37 bits per heavy atom. The van der Waals surface area contributed by atoms with Crippen molar-refractivity contribution >= 4 is 0 Å². The minimum Gasteiger partial charge on any atom is -0.317 e. The van der Waals surface area contributed by atoms with Crippen LogP contribution in [0.1, 0.15) is 25.3 Å². The Bertz CT molecular complexity index is 388. The molecule has 0 amide bonds. The highest BCUT2D eigenvalue weighted by Gasteiger charge is 2.18. The second-order valence-electron chi connectivity index (χ2n) is 5.82. The van der Waals surface area contributed by atoms with Crippen LogP contribution in [-0.2, 0) is 6.42 Å². The highest BCUT2D eigenvalue weighted by molar-refractivity contribution is 5.17. The van der Waals surface area contributed by atoms with E-state index in [0.29, 0.717) is 6.04 Å². The van der Waals surface area contributed by atoms with E-state index in [1.54, 1.807) is 12.1 Å². The van der Waals surface area contributed by atoms with Gasteiger partial charge >= 0.3 is 0 Å². The van der Waals surface area contributed by atoms with E-state index in [4.69, 9.17) is 0 Å². The SMILES string of the molecule is CC(Cc1cccc(F)c1)N(C)CC1CCNCC1. The van der Waals surface area contributed by atoms with Crippen LogP contribution < -0.4 is 5.32 Å². The Balaban J connectivity index is 1.82. The van der Waals surface area contributed by atoms with E-state index in [-0.39, 0.29) is 5.82 Å². The molecular formula is C16H25FN2. The van der Waals surface area contributed by atoms with E-state index >= 15 is 0 Å². The molecule has 0 saturated carbocycles. The zero-order valence-corrected chi connectivity index (χ0v) is 12.0. The molecule has 1 aliphatic heterocycles. The fourth-order valence-electron chi connectivity index (χ4n) is 2.81. The topological polar surface area (TPSA) is 15.3 Å². The molecule has 2 rings (SSSR count). The first kappa shape index (κ1) is 14.5. The van der Waals surface area contributed by atoms with E-state index < -0.39 is 0 Å². The number of nitrogens with one attached hydrogen (secondary N) is 1. The Morgan fingerprint density at radius 3 is 2.79 bits per heavy atom. The minimum atomic E-state index is -0.134. The predicted molar refractivity (Wildman–Crippen MR) is 77.8 cm³/mol. The molecule has 1 saturated heterocycles. The number of nitrogens with zero attached hydrogens (tertiary/aromatic N) is 1. The lowest BCUT2D eigenvalue weighted by Crippen LogP contribution is -2.39. The maximum Gasteiger partial charge on any atom is 0.123 e. The van der Waals surface area contributed by atoms with Gasteiger partial charge in [0.1, 0.15) is 5.82 Å². The average molecular weight is 264 g/mol. The van der Waals surface area contributed by atoms with Gasteiger partial charge in [-0.25, -0.2) is 4.39 Å². The predicted octanol–water partition coefficient (Wildman–Crippen LogP) is 2.69. The molecule has 0 aromatic heterocycles. The van der Waals surface area contributed by atoms with E-state index in [0.717, 1.165) is 37.5 Å². The van der Waals surface area contributed by atoms with Gasteiger partial charge in [0, 0.05) is 12.6 Å². The van der Waals surface area contributed by atoms with Crippen LogP contribution in [-0.4, -0.2) is 37.6 Å². The molecule has 1 atom stereocenters. The maximum atomic E-state index is 13.2. The Morgan fingerprint density at radius 2 is 2.11 bits per heavy atom. The highest BCUT2D eigenvalue weighted by atomic mass is 19.1. The van der Waals surface area contributed by atoms with Crippen molar-refractivity contribution in [3.05, 3.63) is 35.6 Å². The molecule has 106 valence electrons. The summed E-state index contributed by atoms with van der Waals surface area (Å²) in [5, 5.41) is 3.40. The third-order valence-electron chi connectivity index (χ3n) is 4.18. The summed E-state index contributed by atoms with van der Waals surface area (Å²) in [6.07, 6.45) is 3.47. The van der Waals surface area contributed by atoms with Gasteiger partial charge in [-0.3, -0.25) is 0 Å². The number of piperidine rings is 1. The standard InChI is InChI=1S/C16H25FN2/c1-13(10-15-4-3-5-16(17)11-15)19(2)12-14-6-8-18-9-7-14/h3-5,11,13-14,18H,6-10,12H2,1-2H3. The van der Waals surface area contributed by atoms with Gasteiger partial charge in [-0.05, 0) is 69.9 Å². The van der Waals surface area contributed by atoms with Crippen LogP contribution in [0.2, 0.25) is 0 Å². The lowest BCUT2D eigenvalue weighted by Gasteiger charge is -2.31. The molecule has 2 nitrogen and oxygen atoms in total. The number of benzene rings is 1. The second kappa shape index (κ2) is 7.01. The summed E-state index contributed by atoms with van der Waals surface area (Å²) in [5.41, 5.74) is 1.09. The quantitative estimate of drug-likeness (QED) is 0.879. The first-order chi connectivity index (χ1) is 9.15. The van der Waals surface area contributed by atoms with Gasteiger partial charge in [-0.1, -0.05) is 12.1 Å². The number of halogens is 1. The maximum absolute atomic E-state index is 13.2. The van der Waals surface area contributed by atoms with Crippen LogP contribution in [0.25, 0.3) is 0 Å². The summed E-state index contributed by atoms with van der Waals surface area (Å²) in [4.78, 5) is 2.42. The van der Waals surface area contributed by atoms with Crippen molar-refractivity contribution in [3.63, 3.8) is 0 Å². The summed E-state index contributed by atoms with van der Waals surface area (Å²) in [6, 6.07) is 7.42. The molecule has 3 heteroatoms. The fraction of sp³-hybridized carbons (Fsp3) is 0.625. The van der Waals surface area contributed by atoms with Crippen molar-refractivity contribution in [3.8, 4) is 0 Å². The highest BCUT2D eigenvalue weighted by Crippen LogP contribution is 2.16. The second-order valence-corrected chi connectivity index (χ2v) is 5.82. The van der Waals surface area contributed by atoms with E-state index in [1.165, 1.54) is 18.9 Å². The van der Waals surface area contributed by atoms with Crippen molar-refractivity contribution in [2.45, 2.75) is 32.2 Å². The molecule has 1 fully saturated rings. The van der Waals surface area contributed by atoms with Gasteiger partial charge in [0.15, 0.2) is 0 Å². The summed E-state index contributed by atoms with van der Waals surface area (Å²) in [7, 11) is 2.19. The molecule has 1 unspecified atom stereocenters. The molecule has 0 bridgehead atoms. The van der Waals surface area contributed by atoms with Crippen molar-refractivity contribution in [1.29, 1.82) is 0 Å². The van der Waals surface area contributed by atoms with E-state index in [2.05, 4.69) is 24.2 Å². The summed E-state index contributed by atoms with van der Waals surface area (Å²) in [6.45, 7) is 5.68. The zero-order chi connectivity index (χ0) is 13.7. The summed E-state index contributed by atoms with van der Waals surface area (Å²) >= 11 is 0. The lowest BCUT2D eigenvalue weighted by atomic mass is 9.96. The molecular weight excluding hydrogens is 239 g/mol. The molecule has 1 aromatic carbocycles. The van der Waals surface area contributed by atoms with E-state index in [9.17, 15) is 4.39 Å². The largest absolute Gasteiger partial charge is 0.317 e. The molecule has 1 N–H and O–H groups in total. The average Bonchev–Trinajstić information content (AvgIpc) is 2.40. The number of hydrogen-bond acceptors (Lipinski definition) is 2. The van der Waals surface area contributed by atoms with Crippen molar-refractivity contribution < 1.29 is 4.39 Å². The number of rotatable bonds is 5. The van der Waals surface area contributed by atoms with Crippen LogP contribution in [0.4, 0.5) is 4.39 Å². The van der Waals surface area contributed by atoms with Crippen molar-refractivity contribution in [2.75, 3.05) is 26.7 Å². The molecule has 1 aliphatic rings.